The third-order valence-corrected chi connectivity index (χ3v) is 7.97. The molecule has 5 aliphatic rings. The molecule has 0 spiro atoms. The molecule has 1 aromatic heterocycles. The highest BCUT2D eigenvalue weighted by Gasteiger charge is 2.48. The van der Waals surface area contributed by atoms with Crippen LogP contribution in [-0.2, 0) is 6.54 Å². The smallest absolute Gasteiger partial charge is 0.254 e. The number of nitrogens with zero attached hydrogens (tertiary/aromatic N) is 2. The average molecular weight is 386 g/mol. The van der Waals surface area contributed by atoms with Crippen molar-refractivity contribution in [3.63, 3.8) is 0 Å². The lowest BCUT2D eigenvalue weighted by Crippen LogP contribution is -2.55. The van der Waals surface area contributed by atoms with Crippen LogP contribution in [0.5, 0.6) is 0 Å². The SMILES string of the molecule is Cc1c(C(=O)NC2C3CC4CC(C3)CC2C4)cnn1CCNC1CCNCC1. The van der Waals surface area contributed by atoms with Gasteiger partial charge in [-0.1, -0.05) is 0 Å². The van der Waals surface area contributed by atoms with Gasteiger partial charge in [0.1, 0.15) is 0 Å². The number of amides is 1. The van der Waals surface area contributed by atoms with Crippen LogP contribution in [0.1, 0.15) is 61.0 Å². The zero-order valence-electron chi connectivity index (χ0n) is 17.1. The summed E-state index contributed by atoms with van der Waals surface area (Å²) in [5.41, 5.74) is 1.75. The zero-order chi connectivity index (χ0) is 19.1. The van der Waals surface area contributed by atoms with Gasteiger partial charge in [-0.3, -0.25) is 9.48 Å². The topological polar surface area (TPSA) is 71.0 Å². The van der Waals surface area contributed by atoms with Crippen LogP contribution in [0.15, 0.2) is 6.20 Å². The van der Waals surface area contributed by atoms with E-state index in [9.17, 15) is 4.79 Å². The fourth-order valence-electron chi connectivity index (χ4n) is 6.69. The summed E-state index contributed by atoms with van der Waals surface area (Å²) in [5.74, 6) is 3.39. The van der Waals surface area contributed by atoms with Gasteiger partial charge in [-0.25, -0.2) is 0 Å². The van der Waals surface area contributed by atoms with Gasteiger partial charge in [0.25, 0.3) is 5.91 Å². The molecule has 0 atom stereocenters. The monoisotopic (exact) mass is 385 g/mol. The molecule has 0 aromatic carbocycles. The fourth-order valence-corrected chi connectivity index (χ4v) is 6.69. The highest BCUT2D eigenvalue weighted by molar-refractivity contribution is 5.95. The van der Waals surface area contributed by atoms with Gasteiger partial charge in [0.15, 0.2) is 0 Å². The lowest BCUT2D eigenvalue weighted by Gasteiger charge is -2.54. The maximum atomic E-state index is 13.0. The van der Waals surface area contributed by atoms with Crippen LogP contribution in [0.25, 0.3) is 0 Å². The van der Waals surface area contributed by atoms with Crippen molar-refractivity contribution in [1.82, 2.24) is 25.7 Å². The van der Waals surface area contributed by atoms with Gasteiger partial charge in [-0.05, 0) is 88.6 Å². The van der Waals surface area contributed by atoms with Crippen molar-refractivity contribution in [1.29, 1.82) is 0 Å². The van der Waals surface area contributed by atoms with Crippen LogP contribution in [0.4, 0.5) is 0 Å². The molecule has 1 aliphatic heterocycles. The van der Waals surface area contributed by atoms with E-state index in [4.69, 9.17) is 0 Å². The number of aromatic nitrogens is 2. The van der Waals surface area contributed by atoms with Crippen molar-refractivity contribution < 1.29 is 4.79 Å². The van der Waals surface area contributed by atoms with Gasteiger partial charge >= 0.3 is 0 Å². The Hall–Kier alpha value is -1.40. The highest BCUT2D eigenvalue weighted by atomic mass is 16.1. The van der Waals surface area contributed by atoms with E-state index in [0.717, 1.165) is 49.3 Å². The van der Waals surface area contributed by atoms with Crippen LogP contribution in [0.3, 0.4) is 0 Å². The Morgan fingerprint density at radius 1 is 1.14 bits per heavy atom. The predicted octanol–water partition coefficient (Wildman–Crippen LogP) is 2.09. The Morgan fingerprint density at radius 2 is 1.82 bits per heavy atom. The van der Waals surface area contributed by atoms with Gasteiger partial charge in [0.05, 0.1) is 18.3 Å². The molecule has 6 nitrogen and oxygen atoms in total. The maximum Gasteiger partial charge on any atom is 0.254 e. The Labute approximate surface area is 168 Å². The molecule has 2 heterocycles. The normalized spacial score (nSPS) is 34.7. The van der Waals surface area contributed by atoms with Crippen molar-refractivity contribution in [2.24, 2.45) is 23.7 Å². The number of hydrogen-bond acceptors (Lipinski definition) is 4. The molecule has 0 unspecified atom stereocenters. The van der Waals surface area contributed by atoms with Crippen LogP contribution in [-0.4, -0.2) is 47.4 Å². The first kappa shape index (κ1) is 18.6. The Balaban J connectivity index is 1.17. The molecule has 5 fully saturated rings. The second-order valence-electron chi connectivity index (χ2n) is 9.78. The van der Waals surface area contributed by atoms with E-state index in [2.05, 4.69) is 21.0 Å². The number of carbonyl (C=O) groups excluding carboxylic acids is 1. The molecule has 4 aliphatic carbocycles. The van der Waals surface area contributed by atoms with Crippen LogP contribution >= 0.6 is 0 Å². The standard InChI is InChI=1S/C22H35N5O/c1-14-20(13-25-27(14)7-6-24-19-2-4-23-5-3-19)22(28)26-21-17-9-15-8-16(11-17)12-18(21)10-15/h13,15-19,21,23-24H,2-12H2,1H3,(H,26,28). The number of rotatable bonds is 6. The summed E-state index contributed by atoms with van der Waals surface area (Å²) in [6, 6.07) is 1.00. The first-order valence-electron chi connectivity index (χ1n) is 11.4. The Bertz CT molecular complexity index is 680. The van der Waals surface area contributed by atoms with E-state index in [1.165, 1.54) is 44.9 Å². The molecule has 6 heteroatoms. The molecule has 4 bridgehead atoms. The summed E-state index contributed by atoms with van der Waals surface area (Å²) in [4.78, 5) is 13.0. The number of piperidine rings is 1. The van der Waals surface area contributed by atoms with Crippen molar-refractivity contribution in [3.05, 3.63) is 17.5 Å². The first-order chi connectivity index (χ1) is 13.7. The molecule has 1 saturated heterocycles. The van der Waals surface area contributed by atoms with Gasteiger partial charge in [-0.15, -0.1) is 0 Å². The summed E-state index contributed by atoms with van der Waals surface area (Å²) in [5, 5.41) is 15.0. The van der Waals surface area contributed by atoms with E-state index in [0.29, 0.717) is 23.9 Å². The second-order valence-corrected chi connectivity index (χ2v) is 9.78. The van der Waals surface area contributed by atoms with E-state index < -0.39 is 0 Å². The highest BCUT2D eigenvalue weighted by Crippen LogP contribution is 2.53. The molecule has 154 valence electrons. The summed E-state index contributed by atoms with van der Waals surface area (Å²) in [6.07, 6.45) is 10.9. The quantitative estimate of drug-likeness (QED) is 0.701. The predicted molar refractivity (Wildman–Crippen MR) is 109 cm³/mol. The molecular formula is C22H35N5O. The van der Waals surface area contributed by atoms with Crippen LogP contribution in [0.2, 0.25) is 0 Å². The molecule has 0 radical (unpaired) electrons. The van der Waals surface area contributed by atoms with Crippen molar-refractivity contribution >= 4 is 5.91 Å². The van der Waals surface area contributed by atoms with Gasteiger partial charge in [0.2, 0.25) is 0 Å². The number of nitrogens with one attached hydrogen (secondary N) is 3. The lowest BCUT2D eigenvalue weighted by molar-refractivity contribution is -0.0119. The number of hydrogen-bond donors (Lipinski definition) is 3. The van der Waals surface area contributed by atoms with Crippen LogP contribution in [0, 0.1) is 30.6 Å². The lowest BCUT2D eigenvalue weighted by atomic mass is 9.54. The molecule has 3 N–H and O–H groups in total. The van der Waals surface area contributed by atoms with Crippen molar-refractivity contribution in [2.45, 2.75) is 70.5 Å². The van der Waals surface area contributed by atoms with E-state index in [-0.39, 0.29) is 5.91 Å². The van der Waals surface area contributed by atoms with Gasteiger partial charge in [-0.2, -0.15) is 5.10 Å². The Kier molecular flexibility index (Phi) is 5.18. The fraction of sp³-hybridized carbons (Fsp3) is 0.818. The van der Waals surface area contributed by atoms with E-state index >= 15 is 0 Å². The van der Waals surface area contributed by atoms with Crippen molar-refractivity contribution in [2.75, 3.05) is 19.6 Å². The third kappa shape index (κ3) is 3.61. The maximum absolute atomic E-state index is 13.0. The average Bonchev–Trinajstić information content (AvgIpc) is 3.05. The molecule has 6 rings (SSSR count). The molecule has 1 aromatic rings. The molecule has 1 amide bonds. The minimum atomic E-state index is 0.0903. The van der Waals surface area contributed by atoms with Crippen molar-refractivity contribution in [3.8, 4) is 0 Å². The Morgan fingerprint density at radius 3 is 2.50 bits per heavy atom. The first-order valence-corrected chi connectivity index (χ1v) is 11.4. The third-order valence-electron chi connectivity index (χ3n) is 7.97. The molecule has 4 saturated carbocycles. The van der Waals surface area contributed by atoms with E-state index in [1.807, 2.05) is 11.6 Å². The minimum absolute atomic E-state index is 0.0903. The summed E-state index contributed by atoms with van der Waals surface area (Å²) < 4.78 is 1.99. The number of carbonyl (C=O) groups is 1. The summed E-state index contributed by atoms with van der Waals surface area (Å²) in [6.45, 7) is 5.97. The largest absolute Gasteiger partial charge is 0.349 e. The van der Waals surface area contributed by atoms with E-state index in [1.54, 1.807) is 6.20 Å². The molecular weight excluding hydrogens is 350 g/mol. The minimum Gasteiger partial charge on any atom is -0.349 e. The molecule has 28 heavy (non-hydrogen) atoms. The second kappa shape index (κ2) is 7.79. The summed E-state index contributed by atoms with van der Waals surface area (Å²) >= 11 is 0. The van der Waals surface area contributed by atoms with Crippen LogP contribution < -0.4 is 16.0 Å². The zero-order valence-corrected chi connectivity index (χ0v) is 17.1. The summed E-state index contributed by atoms with van der Waals surface area (Å²) in [7, 11) is 0. The van der Waals surface area contributed by atoms with Gasteiger partial charge < -0.3 is 16.0 Å². The van der Waals surface area contributed by atoms with Gasteiger partial charge in [0, 0.05) is 24.3 Å².